The first-order chi connectivity index (χ1) is 12.2. The highest BCUT2D eigenvalue weighted by Gasteiger charge is 2.28. The topological polar surface area (TPSA) is 58.4 Å². The number of nitrogens with zero attached hydrogens (tertiary/aromatic N) is 4. The molecule has 6 nitrogen and oxygen atoms in total. The number of hydrogen-bond donors (Lipinski definition) is 0. The monoisotopic (exact) mass is 344 g/mol. The molecular weight excluding hydrogens is 316 g/mol. The van der Waals surface area contributed by atoms with E-state index in [0.29, 0.717) is 44.2 Å². The lowest BCUT2D eigenvalue weighted by molar-refractivity contribution is -0.133. The first-order valence-corrected chi connectivity index (χ1v) is 9.84. The molecule has 0 unspecified atom stereocenters. The number of carbonyl (C=O) groups is 2. The molecule has 136 valence electrons. The van der Waals surface area contributed by atoms with E-state index in [1.165, 1.54) is 37.8 Å². The number of fused-ring (bicyclic) bond motifs is 1. The summed E-state index contributed by atoms with van der Waals surface area (Å²) in [4.78, 5) is 29.0. The molecule has 2 fully saturated rings. The van der Waals surface area contributed by atoms with Crippen LogP contribution in [0.2, 0.25) is 0 Å². The summed E-state index contributed by atoms with van der Waals surface area (Å²) in [5.74, 6) is 0.880. The average molecular weight is 344 g/mol. The lowest BCUT2D eigenvalue weighted by Crippen LogP contribution is -2.50. The third-order valence-corrected chi connectivity index (χ3v) is 5.99. The van der Waals surface area contributed by atoms with Crippen LogP contribution in [0.4, 0.5) is 0 Å². The zero-order chi connectivity index (χ0) is 17.2. The van der Waals surface area contributed by atoms with E-state index in [0.717, 1.165) is 19.4 Å². The number of aromatic nitrogens is 2. The smallest absolute Gasteiger partial charge is 0.274 e. The highest BCUT2D eigenvalue weighted by Crippen LogP contribution is 2.28. The van der Waals surface area contributed by atoms with Crippen LogP contribution in [-0.2, 0) is 17.8 Å². The molecule has 1 aromatic rings. The predicted molar refractivity (Wildman–Crippen MR) is 94.2 cm³/mol. The minimum atomic E-state index is 0.0183. The fourth-order valence-electron chi connectivity index (χ4n) is 4.43. The Morgan fingerprint density at radius 2 is 1.68 bits per heavy atom. The second-order valence-electron chi connectivity index (χ2n) is 7.73. The van der Waals surface area contributed by atoms with Crippen molar-refractivity contribution in [1.82, 2.24) is 19.6 Å². The van der Waals surface area contributed by atoms with Crippen LogP contribution < -0.4 is 0 Å². The maximum atomic E-state index is 12.7. The SMILES string of the molecule is O=C(CC1CCCC1)N1CCN(C(=O)c2cc3n(n2)CCCC3)CC1. The Morgan fingerprint density at radius 3 is 2.40 bits per heavy atom. The number of carbonyl (C=O) groups excluding carboxylic acids is 2. The Morgan fingerprint density at radius 1 is 0.960 bits per heavy atom. The third-order valence-electron chi connectivity index (χ3n) is 5.99. The van der Waals surface area contributed by atoms with E-state index < -0.39 is 0 Å². The Kier molecular flexibility index (Phi) is 4.77. The van der Waals surface area contributed by atoms with Crippen molar-refractivity contribution in [1.29, 1.82) is 0 Å². The normalized spacial score (nSPS) is 21.4. The van der Waals surface area contributed by atoms with Crippen LogP contribution in [0.15, 0.2) is 6.07 Å². The maximum Gasteiger partial charge on any atom is 0.274 e. The van der Waals surface area contributed by atoms with Crippen molar-refractivity contribution < 1.29 is 9.59 Å². The average Bonchev–Trinajstić information content (AvgIpc) is 3.30. The minimum absolute atomic E-state index is 0.0183. The van der Waals surface area contributed by atoms with Gasteiger partial charge in [-0.3, -0.25) is 14.3 Å². The van der Waals surface area contributed by atoms with Crippen molar-refractivity contribution in [2.45, 2.75) is 57.9 Å². The van der Waals surface area contributed by atoms with Gasteiger partial charge in [-0.2, -0.15) is 5.10 Å². The predicted octanol–water partition coefficient (Wildman–Crippen LogP) is 2.08. The fraction of sp³-hybridized carbons (Fsp3) is 0.737. The van der Waals surface area contributed by atoms with E-state index in [4.69, 9.17) is 0 Å². The van der Waals surface area contributed by atoms with Crippen molar-refractivity contribution in [3.63, 3.8) is 0 Å². The Hall–Kier alpha value is -1.85. The molecule has 1 aliphatic carbocycles. The van der Waals surface area contributed by atoms with E-state index in [9.17, 15) is 9.59 Å². The van der Waals surface area contributed by atoms with Gasteiger partial charge in [-0.05, 0) is 44.1 Å². The summed E-state index contributed by atoms with van der Waals surface area (Å²) in [7, 11) is 0. The van der Waals surface area contributed by atoms with Crippen molar-refractivity contribution in [3.8, 4) is 0 Å². The number of amides is 2. The van der Waals surface area contributed by atoms with Gasteiger partial charge in [0, 0.05) is 44.8 Å². The van der Waals surface area contributed by atoms with Crippen molar-refractivity contribution in [2.24, 2.45) is 5.92 Å². The summed E-state index contributed by atoms with van der Waals surface area (Å²) in [6.45, 7) is 3.48. The molecule has 3 heterocycles. The van der Waals surface area contributed by atoms with E-state index >= 15 is 0 Å². The number of aryl methyl sites for hydroxylation is 2. The number of rotatable bonds is 3. The summed E-state index contributed by atoms with van der Waals surface area (Å²) < 4.78 is 1.98. The Balaban J connectivity index is 1.31. The third kappa shape index (κ3) is 3.58. The van der Waals surface area contributed by atoms with Crippen molar-refractivity contribution >= 4 is 11.8 Å². The molecular formula is C19H28N4O2. The molecule has 3 aliphatic rings. The second-order valence-corrected chi connectivity index (χ2v) is 7.73. The van der Waals surface area contributed by atoms with Gasteiger partial charge in [0.2, 0.25) is 5.91 Å². The standard InChI is InChI=1S/C19H28N4O2/c24-18(13-15-5-1-2-6-15)21-9-11-22(12-10-21)19(25)17-14-16-7-3-4-8-23(16)20-17/h14-15H,1-13H2. The van der Waals surface area contributed by atoms with Gasteiger partial charge >= 0.3 is 0 Å². The van der Waals surface area contributed by atoms with Crippen LogP contribution in [0.25, 0.3) is 0 Å². The molecule has 0 N–H and O–H groups in total. The molecule has 6 heteroatoms. The van der Waals surface area contributed by atoms with E-state index in [1.807, 2.05) is 20.5 Å². The van der Waals surface area contributed by atoms with Crippen LogP contribution in [0, 0.1) is 5.92 Å². The van der Waals surface area contributed by atoms with Crippen LogP contribution in [0.3, 0.4) is 0 Å². The molecule has 25 heavy (non-hydrogen) atoms. The van der Waals surface area contributed by atoms with Gasteiger partial charge in [0.15, 0.2) is 5.69 Å². The first kappa shape index (κ1) is 16.6. The molecule has 0 spiro atoms. The maximum absolute atomic E-state index is 12.7. The van der Waals surface area contributed by atoms with Crippen molar-refractivity contribution in [3.05, 3.63) is 17.5 Å². The zero-order valence-corrected chi connectivity index (χ0v) is 15.0. The van der Waals surface area contributed by atoms with Crippen LogP contribution in [0.5, 0.6) is 0 Å². The molecule has 0 atom stereocenters. The Bertz CT molecular complexity index is 616. The van der Waals surface area contributed by atoms with Crippen LogP contribution in [-0.4, -0.2) is 57.6 Å². The van der Waals surface area contributed by atoms with Gasteiger partial charge in [-0.25, -0.2) is 0 Å². The minimum Gasteiger partial charge on any atom is -0.339 e. The molecule has 1 aromatic heterocycles. The second kappa shape index (κ2) is 7.18. The lowest BCUT2D eigenvalue weighted by Gasteiger charge is -2.35. The van der Waals surface area contributed by atoms with Gasteiger partial charge in [0.25, 0.3) is 5.91 Å². The summed E-state index contributed by atoms with van der Waals surface area (Å²) in [5.41, 5.74) is 1.75. The Labute approximate surface area is 149 Å². The summed E-state index contributed by atoms with van der Waals surface area (Å²) in [6.07, 6.45) is 8.99. The molecule has 0 radical (unpaired) electrons. The first-order valence-electron chi connectivity index (χ1n) is 9.84. The van der Waals surface area contributed by atoms with E-state index in [1.54, 1.807) is 0 Å². The highest BCUT2D eigenvalue weighted by molar-refractivity contribution is 5.92. The largest absolute Gasteiger partial charge is 0.339 e. The molecule has 0 bridgehead atoms. The van der Waals surface area contributed by atoms with E-state index in [-0.39, 0.29) is 11.8 Å². The summed E-state index contributed by atoms with van der Waals surface area (Å²) in [5, 5.41) is 4.49. The summed E-state index contributed by atoms with van der Waals surface area (Å²) in [6, 6.07) is 1.96. The molecule has 2 aliphatic heterocycles. The van der Waals surface area contributed by atoms with Crippen LogP contribution >= 0.6 is 0 Å². The van der Waals surface area contributed by atoms with Crippen LogP contribution in [0.1, 0.15) is 61.1 Å². The molecule has 0 aromatic carbocycles. The lowest BCUT2D eigenvalue weighted by atomic mass is 10.0. The van der Waals surface area contributed by atoms with Gasteiger partial charge in [0.1, 0.15) is 0 Å². The van der Waals surface area contributed by atoms with E-state index in [2.05, 4.69) is 5.10 Å². The van der Waals surface area contributed by atoms with Gasteiger partial charge < -0.3 is 9.80 Å². The van der Waals surface area contributed by atoms with Gasteiger partial charge in [0.05, 0.1) is 0 Å². The molecule has 1 saturated heterocycles. The summed E-state index contributed by atoms with van der Waals surface area (Å²) >= 11 is 0. The zero-order valence-electron chi connectivity index (χ0n) is 15.0. The molecule has 4 rings (SSSR count). The molecule has 2 amide bonds. The van der Waals surface area contributed by atoms with Crippen molar-refractivity contribution in [2.75, 3.05) is 26.2 Å². The number of piperazine rings is 1. The molecule has 1 saturated carbocycles. The highest BCUT2D eigenvalue weighted by atomic mass is 16.2. The van der Waals surface area contributed by atoms with Gasteiger partial charge in [-0.1, -0.05) is 12.8 Å². The quantitative estimate of drug-likeness (QED) is 0.843. The number of hydrogen-bond acceptors (Lipinski definition) is 3. The van der Waals surface area contributed by atoms with Gasteiger partial charge in [-0.15, -0.1) is 0 Å². The fourth-order valence-corrected chi connectivity index (χ4v) is 4.43.